The molecule has 0 bridgehead atoms. The lowest BCUT2D eigenvalue weighted by Gasteiger charge is -2.20. The van der Waals surface area contributed by atoms with Gasteiger partial charge in [0.15, 0.2) is 0 Å². The van der Waals surface area contributed by atoms with E-state index in [1.807, 2.05) is 0 Å². The van der Waals surface area contributed by atoms with E-state index >= 15 is 0 Å². The van der Waals surface area contributed by atoms with Gasteiger partial charge < -0.3 is 15.1 Å². The number of aliphatic imine (C=N–C) groups is 1. The number of carboxylic acids is 2. The molecule has 1 heterocycles. The minimum absolute atomic E-state index is 0.324. The van der Waals surface area contributed by atoms with Crippen LogP contribution in [0.1, 0.15) is 154 Å². The molecule has 0 unspecified atom stereocenters. The van der Waals surface area contributed by atoms with E-state index in [0.29, 0.717) is 12.8 Å². The molecule has 1 aliphatic heterocycles. The molecule has 6 heteroatoms. The SMILES string of the molecule is O=C(O)CCCCCCCCCCCCCN1CCN=C1CCCCCCCCCCCCC(=O)O. The summed E-state index contributed by atoms with van der Waals surface area (Å²) in [5, 5.41) is 17.3. The Morgan fingerprint density at radius 3 is 1.33 bits per heavy atom. The standard InChI is InChI=1S/C30H56N2O4/c33-29(34)23-19-15-11-7-2-1-5-9-13-17-21-26-32-27-25-31-28(32)22-18-14-10-6-3-4-8-12-16-20-24-30(35)36/h1-27H2,(H,33,34)(H,35,36). The molecule has 0 radical (unpaired) electrons. The number of amidine groups is 1. The van der Waals surface area contributed by atoms with Gasteiger partial charge in [-0.05, 0) is 25.7 Å². The van der Waals surface area contributed by atoms with Crippen molar-refractivity contribution in [3.8, 4) is 0 Å². The summed E-state index contributed by atoms with van der Waals surface area (Å²) in [6.45, 7) is 3.29. The third-order valence-electron chi connectivity index (χ3n) is 7.39. The fraction of sp³-hybridized carbons (Fsp3) is 0.900. The summed E-state index contributed by atoms with van der Waals surface area (Å²) in [5.74, 6) is 0.0287. The average Bonchev–Trinajstić information content (AvgIpc) is 3.29. The zero-order valence-corrected chi connectivity index (χ0v) is 23.2. The van der Waals surface area contributed by atoms with Gasteiger partial charge in [-0.25, -0.2) is 0 Å². The first kappa shape index (κ1) is 32.4. The summed E-state index contributed by atoms with van der Waals surface area (Å²) in [7, 11) is 0. The molecule has 1 rings (SSSR count). The lowest BCUT2D eigenvalue weighted by atomic mass is 10.0. The molecule has 0 aliphatic carbocycles. The first-order chi connectivity index (χ1) is 17.6. The summed E-state index contributed by atoms with van der Waals surface area (Å²) in [4.78, 5) is 28.3. The quantitative estimate of drug-likeness (QED) is 0.109. The van der Waals surface area contributed by atoms with Crippen LogP contribution in [0.3, 0.4) is 0 Å². The number of nitrogens with zero attached hydrogens (tertiary/aromatic N) is 2. The van der Waals surface area contributed by atoms with Crippen LogP contribution in [0.2, 0.25) is 0 Å². The van der Waals surface area contributed by atoms with Gasteiger partial charge in [-0.3, -0.25) is 14.6 Å². The zero-order valence-electron chi connectivity index (χ0n) is 23.2. The molecule has 0 spiro atoms. The number of hydrogen-bond donors (Lipinski definition) is 2. The summed E-state index contributed by atoms with van der Waals surface area (Å²) < 4.78 is 0. The highest BCUT2D eigenvalue weighted by Gasteiger charge is 2.15. The van der Waals surface area contributed by atoms with Crippen LogP contribution in [0.4, 0.5) is 0 Å². The van der Waals surface area contributed by atoms with Gasteiger partial charge in [-0.2, -0.15) is 0 Å². The second-order valence-corrected chi connectivity index (χ2v) is 10.7. The Balaban J connectivity index is 1.84. The zero-order chi connectivity index (χ0) is 26.1. The summed E-state index contributed by atoms with van der Waals surface area (Å²) in [6.07, 6.45) is 27.6. The number of carbonyl (C=O) groups is 2. The molecule has 0 aromatic carbocycles. The Kier molecular flexibility index (Phi) is 21.4. The third kappa shape index (κ3) is 20.6. The monoisotopic (exact) mass is 508 g/mol. The Hall–Kier alpha value is -1.59. The maximum atomic E-state index is 10.5. The average molecular weight is 509 g/mol. The molecule has 0 saturated carbocycles. The fourth-order valence-corrected chi connectivity index (χ4v) is 5.15. The highest BCUT2D eigenvalue weighted by molar-refractivity contribution is 5.83. The maximum absolute atomic E-state index is 10.5. The number of hydrogen-bond acceptors (Lipinski definition) is 4. The van der Waals surface area contributed by atoms with Crippen LogP contribution in [-0.2, 0) is 9.59 Å². The van der Waals surface area contributed by atoms with Crippen molar-refractivity contribution in [1.29, 1.82) is 0 Å². The topological polar surface area (TPSA) is 90.2 Å². The predicted molar refractivity (Wildman–Crippen MR) is 150 cm³/mol. The molecule has 0 aromatic rings. The van der Waals surface area contributed by atoms with Gasteiger partial charge in [0.2, 0.25) is 0 Å². The van der Waals surface area contributed by atoms with Crippen LogP contribution in [0, 0.1) is 0 Å². The normalized spacial score (nSPS) is 13.3. The van der Waals surface area contributed by atoms with E-state index in [-0.39, 0.29) is 0 Å². The Morgan fingerprint density at radius 2 is 0.917 bits per heavy atom. The first-order valence-electron chi connectivity index (χ1n) is 15.3. The van der Waals surface area contributed by atoms with E-state index < -0.39 is 11.9 Å². The van der Waals surface area contributed by atoms with E-state index in [1.165, 1.54) is 122 Å². The van der Waals surface area contributed by atoms with E-state index in [9.17, 15) is 9.59 Å². The third-order valence-corrected chi connectivity index (χ3v) is 7.39. The lowest BCUT2D eigenvalue weighted by Crippen LogP contribution is -2.28. The van der Waals surface area contributed by atoms with Crippen molar-refractivity contribution in [1.82, 2.24) is 4.90 Å². The van der Waals surface area contributed by atoms with E-state index in [4.69, 9.17) is 15.2 Å². The summed E-state index contributed by atoms with van der Waals surface area (Å²) in [5.41, 5.74) is 0. The largest absolute Gasteiger partial charge is 0.481 e. The van der Waals surface area contributed by atoms with Crippen LogP contribution in [0.15, 0.2) is 4.99 Å². The van der Waals surface area contributed by atoms with Gasteiger partial charge in [-0.15, -0.1) is 0 Å². The predicted octanol–water partition coefficient (Wildman–Crippen LogP) is 8.23. The first-order valence-corrected chi connectivity index (χ1v) is 15.3. The maximum Gasteiger partial charge on any atom is 0.303 e. The van der Waals surface area contributed by atoms with Crippen molar-refractivity contribution < 1.29 is 19.8 Å². The lowest BCUT2D eigenvalue weighted by molar-refractivity contribution is -0.138. The molecular formula is C30H56N2O4. The minimum Gasteiger partial charge on any atom is -0.481 e. The van der Waals surface area contributed by atoms with Gasteiger partial charge in [0.25, 0.3) is 0 Å². The van der Waals surface area contributed by atoms with Gasteiger partial charge >= 0.3 is 11.9 Å². The molecule has 6 nitrogen and oxygen atoms in total. The van der Waals surface area contributed by atoms with E-state index in [0.717, 1.165) is 45.2 Å². The smallest absolute Gasteiger partial charge is 0.303 e. The van der Waals surface area contributed by atoms with Crippen LogP contribution in [0.25, 0.3) is 0 Å². The number of aliphatic carboxylic acids is 2. The van der Waals surface area contributed by atoms with Gasteiger partial charge in [0.1, 0.15) is 0 Å². The van der Waals surface area contributed by atoms with Gasteiger partial charge in [-0.1, -0.05) is 109 Å². The molecule has 0 amide bonds. The number of rotatable bonds is 27. The second-order valence-electron chi connectivity index (χ2n) is 10.7. The van der Waals surface area contributed by atoms with E-state index in [1.54, 1.807) is 0 Å². The van der Waals surface area contributed by atoms with Crippen LogP contribution < -0.4 is 0 Å². The van der Waals surface area contributed by atoms with Gasteiger partial charge in [0, 0.05) is 32.4 Å². The van der Waals surface area contributed by atoms with Crippen molar-refractivity contribution in [2.24, 2.45) is 4.99 Å². The summed E-state index contributed by atoms with van der Waals surface area (Å²) in [6, 6.07) is 0. The molecule has 2 N–H and O–H groups in total. The van der Waals surface area contributed by atoms with Crippen molar-refractivity contribution in [3.63, 3.8) is 0 Å². The molecule has 0 fully saturated rings. The van der Waals surface area contributed by atoms with Crippen LogP contribution in [0.5, 0.6) is 0 Å². The fourth-order valence-electron chi connectivity index (χ4n) is 5.15. The number of carboxylic acid groups (broad SMARTS) is 2. The molecular weight excluding hydrogens is 452 g/mol. The Labute approximate surface area is 221 Å². The molecule has 0 atom stereocenters. The summed E-state index contributed by atoms with van der Waals surface area (Å²) >= 11 is 0. The van der Waals surface area contributed by atoms with E-state index in [2.05, 4.69) is 4.90 Å². The molecule has 0 aromatic heterocycles. The molecule has 36 heavy (non-hydrogen) atoms. The molecule has 0 saturated heterocycles. The Morgan fingerprint density at radius 1 is 0.556 bits per heavy atom. The van der Waals surface area contributed by atoms with Crippen LogP contribution >= 0.6 is 0 Å². The highest BCUT2D eigenvalue weighted by Crippen LogP contribution is 2.16. The highest BCUT2D eigenvalue weighted by atomic mass is 16.4. The molecule has 210 valence electrons. The minimum atomic E-state index is -0.667. The van der Waals surface area contributed by atoms with Gasteiger partial charge in [0.05, 0.1) is 12.4 Å². The number of unbranched alkanes of at least 4 members (excludes halogenated alkanes) is 19. The molecule has 1 aliphatic rings. The van der Waals surface area contributed by atoms with Crippen molar-refractivity contribution in [2.75, 3.05) is 19.6 Å². The van der Waals surface area contributed by atoms with Crippen molar-refractivity contribution >= 4 is 17.8 Å². The van der Waals surface area contributed by atoms with Crippen LogP contribution in [-0.4, -0.2) is 52.5 Å². The Bertz CT molecular complexity index is 579. The van der Waals surface area contributed by atoms with Crippen molar-refractivity contribution in [3.05, 3.63) is 0 Å². The van der Waals surface area contributed by atoms with Crippen molar-refractivity contribution in [2.45, 2.75) is 154 Å². The second kappa shape index (κ2) is 23.8.